The molecule has 6 aromatic carbocycles. The molecule has 8 aromatic rings. The van der Waals surface area contributed by atoms with Gasteiger partial charge in [-0.1, -0.05) is 97.1 Å². The highest BCUT2D eigenvalue weighted by molar-refractivity contribution is 6.16. The number of nitrogens with zero attached hydrogens (tertiary/aromatic N) is 2. The van der Waals surface area contributed by atoms with Crippen LogP contribution >= 0.6 is 0 Å². The molecule has 0 amide bonds. The topological polar surface area (TPSA) is 29.3 Å². The lowest BCUT2D eigenvalue weighted by Crippen LogP contribution is -2.13. The van der Waals surface area contributed by atoms with E-state index >= 15 is 0 Å². The molecule has 8 rings (SSSR count). The molecule has 0 spiro atoms. The van der Waals surface area contributed by atoms with Crippen molar-refractivity contribution in [2.75, 3.05) is 4.90 Å². The van der Waals surface area contributed by atoms with Gasteiger partial charge in [0.2, 0.25) is 0 Å². The first-order valence-corrected chi connectivity index (χ1v) is 14.3. The van der Waals surface area contributed by atoms with Gasteiger partial charge in [-0.15, -0.1) is 0 Å². The molecule has 0 bridgehead atoms. The Bertz CT molecular complexity index is 2300. The minimum absolute atomic E-state index is 0.858. The van der Waals surface area contributed by atoms with Gasteiger partial charge in [0.1, 0.15) is 17.0 Å². The van der Waals surface area contributed by atoms with Gasteiger partial charge in [-0.25, -0.2) is 4.98 Å². The van der Waals surface area contributed by atoms with Crippen LogP contribution in [0, 0.1) is 13.8 Å². The van der Waals surface area contributed by atoms with E-state index in [2.05, 4.69) is 140 Å². The molecule has 0 saturated carbocycles. The van der Waals surface area contributed by atoms with E-state index in [1.165, 1.54) is 27.6 Å². The Morgan fingerprint density at radius 2 is 1.19 bits per heavy atom. The van der Waals surface area contributed by atoms with E-state index in [4.69, 9.17) is 9.40 Å². The zero-order valence-electron chi connectivity index (χ0n) is 23.5. The first-order chi connectivity index (χ1) is 20.7. The molecule has 0 aliphatic heterocycles. The molecule has 3 heteroatoms. The molecular formula is C39H28N2O. The number of hydrogen-bond acceptors (Lipinski definition) is 3. The second-order valence-corrected chi connectivity index (χ2v) is 10.9. The molecule has 2 heterocycles. The van der Waals surface area contributed by atoms with Crippen molar-refractivity contribution in [2.24, 2.45) is 0 Å². The highest BCUT2D eigenvalue weighted by atomic mass is 16.3. The fourth-order valence-corrected chi connectivity index (χ4v) is 6.34. The summed E-state index contributed by atoms with van der Waals surface area (Å²) >= 11 is 0. The van der Waals surface area contributed by atoms with E-state index in [9.17, 15) is 0 Å². The third-order valence-electron chi connectivity index (χ3n) is 8.33. The van der Waals surface area contributed by atoms with E-state index in [-0.39, 0.29) is 0 Å². The van der Waals surface area contributed by atoms with E-state index in [1.807, 2.05) is 12.1 Å². The molecule has 0 aliphatic rings. The first kappa shape index (κ1) is 24.4. The Balaban J connectivity index is 1.46. The van der Waals surface area contributed by atoms with E-state index in [0.717, 1.165) is 55.4 Å². The van der Waals surface area contributed by atoms with Crippen LogP contribution in [-0.2, 0) is 0 Å². The van der Waals surface area contributed by atoms with Crippen LogP contribution in [0.1, 0.15) is 11.1 Å². The Labute approximate surface area is 244 Å². The summed E-state index contributed by atoms with van der Waals surface area (Å²) in [6, 6.07) is 46.9. The van der Waals surface area contributed by atoms with Crippen LogP contribution in [0.3, 0.4) is 0 Å². The summed E-state index contributed by atoms with van der Waals surface area (Å²) in [5, 5.41) is 5.59. The van der Waals surface area contributed by atoms with Crippen LogP contribution in [0.2, 0.25) is 0 Å². The first-order valence-electron chi connectivity index (χ1n) is 14.3. The molecular weight excluding hydrogens is 512 g/mol. The van der Waals surface area contributed by atoms with Crippen molar-refractivity contribution >= 4 is 60.8 Å². The summed E-state index contributed by atoms with van der Waals surface area (Å²) in [6.45, 7) is 4.37. The summed E-state index contributed by atoms with van der Waals surface area (Å²) in [4.78, 5) is 7.66. The summed E-state index contributed by atoms with van der Waals surface area (Å²) in [6.07, 6.45) is 0. The van der Waals surface area contributed by atoms with Crippen molar-refractivity contribution in [1.82, 2.24) is 4.98 Å². The van der Waals surface area contributed by atoms with Gasteiger partial charge < -0.3 is 4.42 Å². The molecule has 0 atom stereocenters. The maximum absolute atomic E-state index is 6.34. The lowest BCUT2D eigenvalue weighted by atomic mass is 9.96. The number of benzene rings is 6. The Hall–Kier alpha value is -5.41. The molecule has 42 heavy (non-hydrogen) atoms. The number of furan rings is 1. The second-order valence-electron chi connectivity index (χ2n) is 10.9. The predicted octanol–water partition coefficient (Wildman–Crippen LogP) is 11.0. The van der Waals surface area contributed by atoms with Gasteiger partial charge in [-0.2, -0.15) is 0 Å². The van der Waals surface area contributed by atoms with Crippen LogP contribution in [0.15, 0.2) is 138 Å². The standard InChI is InChI=1S/C39H28N2O/c1-25-12-3-4-13-28(25)29-23-22-27(24-26(29)2)41(35-19-11-21-37-38(35)33-17-8-10-20-36(33)42-37)39-32-16-6-5-14-30(32)31-15-7-9-18-34(31)40-39/h3-24H,1-2H3. The fraction of sp³-hybridized carbons (Fsp3) is 0.0513. The lowest BCUT2D eigenvalue weighted by molar-refractivity contribution is 0.669. The number of fused-ring (bicyclic) bond motifs is 6. The molecule has 0 radical (unpaired) electrons. The van der Waals surface area contributed by atoms with Crippen LogP contribution < -0.4 is 4.90 Å². The van der Waals surface area contributed by atoms with Gasteiger partial charge >= 0.3 is 0 Å². The summed E-state index contributed by atoms with van der Waals surface area (Å²) in [7, 11) is 0. The molecule has 0 fully saturated rings. The summed E-state index contributed by atoms with van der Waals surface area (Å²) in [5.41, 5.74) is 9.76. The molecule has 200 valence electrons. The van der Waals surface area contributed by atoms with Gasteiger partial charge in [0.05, 0.1) is 16.6 Å². The van der Waals surface area contributed by atoms with Gasteiger partial charge in [0.25, 0.3) is 0 Å². The molecule has 2 aromatic heterocycles. The quantitative estimate of drug-likeness (QED) is 0.208. The van der Waals surface area contributed by atoms with E-state index in [0.29, 0.717) is 0 Å². The summed E-state index contributed by atoms with van der Waals surface area (Å²) < 4.78 is 6.34. The van der Waals surface area contributed by atoms with Gasteiger partial charge in [0, 0.05) is 21.8 Å². The zero-order valence-corrected chi connectivity index (χ0v) is 23.5. The maximum Gasteiger partial charge on any atom is 0.146 e. The van der Waals surface area contributed by atoms with Crippen molar-refractivity contribution in [2.45, 2.75) is 13.8 Å². The highest BCUT2D eigenvalue weighted by Crippen LogP contribution is 2.45. The van der Waals surface area contributed by atoms with Gasteiger partial charge in [0.15, 0.2) is 0 Å². The van der Waals surface area contributed by atoms with Crippen molar-refractivity contribution in [3.05, 3.63) is 145 Å². The second kappa shape index (κ2) is 9.60. The SMILES string of the molecule is Cc1ccccc1-c1ccc(N(c2nc3ccccc3c3ccccc23)c2cccc3oc4ccccc4c23)cc1C. The maximum atomic E-state index is 6.34. The number of aromatic nitrogens is 1. The number of anilines is 3. The minimum Gasteiger partial charge on any atom is -0.456 e. The van der Waals surface area contributed by atoms with E-state index in [1.54, 1.807) is 0 Å². The van der Waals surface area contributed by atoms with E-state index < -0.39 is 0 Å². The number of pyridine rings is 1. The molecule has 0 aliphatic carbocycles. The van der Waals surface area contributed by atoms with Crippen LogP contribution in [0.5, 0.6) is 0 Å². The molecule has 0 unspecified atom stereocenters. The van der Waals surface area contributed by atoms with Crippen LogP contribution in [0.25, 0.3) is 54.7 Å². The largest absolute Gasteiger partial charge is 0.456 e. The van der Waals surface area contributed by atoms with Crippen molar-refractivity contribution < 1.29 is 4.42 Å². The average molecular weight is 541 g/mol. The molecule has 3 nitrogen and oxygen atoms in total. The molecule has 0 N–H and O–H groups in total. The highest BCUT2D eigenvalue weighted by Gasteiger charge is 2.23. The third-order valence-corrected chi connectivity index (χ3v) is 8.33. The average Bonchev–Trinajstić information content (AvgIpc) is 3.41. The fourth-order valence-electron chi connectivity index (χ4n) is 6.34. The number of para-hydroxylation sites is 2. The van der Waals surface area contributed by atoms with Gasteiger partial charge in [-0.05, 0) is 77.9 Å². The summed E-state index contributed by atoms with van der Waals surface area (Å²) in [5.74, 6) is 0.894. The minimum atomic E-state index is 0.858. The van der Waals surface area contributed by atoms with Crippen molar-refractivity contribution in [3.8, 4) is 11.1 Å². The van der Waals surface area contributed by atoms with Crippen molar-refractivity contribution in [1.29, 1.82) is 0 Å². The predicted molar refractivity (Wildman–Crippen MR) is 176 cm³/mol. The lowest BCUT2D eigenvalue weighted by Gasteiger charge is -2.27. The smallest absolute Gasteiger partial charge is 0.146 e. The molecule has 0 saturated heterocycles. The Kier molecular flexibility index (Phi) is 5.58. The number of rotatable bonds is 4. The monoisotopic (exact) mass is 540 g/mol. The Morgan fingerprint density at radius 3 is 2.02 bits per heavy atom. The third kappa shape index (κ3) is 3.78. The van der Waals surface area contributed by atoms with Crippen LogP contribution in [0.4, 0.5) is 17.2 Å². The van der Waals surface area contributed by atoms with Crippen molar-refractivity contribution in [3.63, 3.8) is 0 Å². The Morgan fingerprint density at radius 1 is 0.524 bits per heavy atom. The number of hydrogen-bond donors (Lipinski definition) is 0. The number of aryl methyl sites for hydroxylation is 2. The normalized spacial score (nSPS) is 11.6. The van der Waals surface area contributed by atoms with Crippen LogP contribution in [-0.4, -0.2) is 4.98 Å². The zero-order chi connectivity index (χ0) is 28.2. The van der Waals surface area contributed by atoms with Gasteiger partial charge in [-0.3, -0.25) is 4.90 Å².